The number of aryl methyl sites for hydroxylation is 1. The van der Waals surface area contributed by atoms with Gasteiger partial charge >= 0.3 is 0 Å². The minimum Gasteiger partial charge on any atom is -0.394 e. The summed E-state index contributed by atoms with van der Waals surface area (Å²) in [5.74, 6) is -0.0969. The Kier molecular flexibility index (Phi) is 5.22. The first-order chi connectivity index (χ1) is 10.4. The number of benzene rings is 2. The maximum absolute atomic E-state index is 12.3. The summed E-state index contributed by atoms with van der Waals surface area (Å²) in [4.78, 5) is 13.8. The van der Waals surface area contributed by atoms with E-state index in [9.17, 15) is 4.79 Å². The van der Waals surface area contributed by atoms with Gasteiger partial charge in [-0.05, 0) is 54.8 Å². The Morgan fingerprint density at radius 2 is 1.77 bits per heavy atom. The number of aliphatic hydroxyl groups is 1. The second kappa shape index (κ2) is 6.95. The summed E-state index contributed by atoms with van der Waals surface area (Å²) >= 11 is 6.04. The van der Waals surface area contributed by atoms with Crippen LogP contribution in [0, 0.1) is 6.92 Å². The normalized spacial score (nSPS) is 12.0. The first-order valence-corrected chi connectivity index (χ1v) is 7.56. The van der Waals surface area contributed by atoms with Gasteiger partial charge in [0.15, 0.2) is 0 Å². The molecule has 2 rings (SSSR count). The van der Waals surface area contributed by atoms with Crippen molar-refractivity contribution in [3.63, 3.8) is 0 Å². The number of carbonyl (C=O) groups excluding carboxylic acids is 1. The Bertz CT molecular complexity index is 667. The molecule has 3 nitrogen and oxygen atoms in total. The van der Waals surface area contributed by atoms with E-state index in [4.69, 9.17) is 16.7 Å². The summed E-state index contributed by atoms with van der Waals surface area (Å²) in [5, 5.41) is 9.88. The van der Waals surface area contributed by atoms with Gasteiger partial charge in [0, 0.05) is 17.6 Å². The minimum atomic E-state index is -0.203. The molecule has 0 unspecified atom stereocenters. The van der Waals surface area contributed by atoms with Gasteiger partial charge in [-0.15, -0.1) is 0 Å². The zero-order valence-electron chi connectivity index (χ0n) is 13.0. The molecule has 0 fully saturated rings. The van der Waals surface area contributed by atoms with Crippen molar-refractivity contribution in [2.24, 2.45) is 0 Å². The van der Waals surface area contributed by atoms with Gasteiger partial charge in [-0.3, -0.25) is 4.79 Å². The average Bonchev–Trinajstić information content (AvgIpc) is 2.55. The van der Waals surface area contributed by atoms with Gasteiger partial charge < -0.3 is 10.0 Å². The number of halogens is 1. The van der Waals surface area contributed by atoms with Crippen LogP contribution in [0.15, 0.2) is 42.5 Å². The maximum Gasteiger partial charge on any atom is 0.253 e. The minimum absolute atomic E-state index is 0.0512. The summed E-state index contributed by atoms with van der Waals surface area (Å²) in [7, 11) is 1.69. The van der Waals surface area contributed by atoms with Gasteiger partial charge in [0.05, 0.1) is 12.6 Å². The molecule has 0 aromatic heterocycles. The molecule has 0 saturated heterocycles. The van der Waals surface area contributed by atoms with Gasteiger partial charge in [-0.1, -0.05) is 29.8 Å². The highest BCUT2D eigenvalue weighted by Gasteiger charge is 2.16. The molecule has 1 N–H and O–H groups in total. The van der Waals surface area contributed by atoms with Crippen LogP contribution in [0.5, 0.6) is 0 Å². The molecule has 22 heavy (non-hydrogen) atoms. The third-order valence-corrected chi connectivity index (χ3v) is 4.29. The zero-order chi connectivity index (χ0) is 16.3. The van der Waals surface area contributed by atoms with E-state index in [2.05, 4.69) is 0 Å². The molecule has 0 aliphatic heterocycles. The third-order valence-electron chi connectivity index (χ3n) is 3.87. The quantitative estimate of drug-likeness (QED) is 0.932. The molecular formula is C18H20ClNO2. The first kappa shape index (κ1) is 16.5. The maximum atomic E-state index is 12.3. The second-order valence-corrected chi connectivity index (χ2v) is 5.90. The van der Waals surface area contributed by atoms with Gasteiger partial charge in [0.25, 0.3) is 5.91 Å². The van der Waals surface area contributed by atoms with Crippen LogP contribution >= 0.6 is 11.6 Å². The van der Waals surface area contributed by atoms with Crippen molar-refractivity contribution in [1.82, 2.24) is 4.90 Å². The fraction of sp³-hybridized carbons (Fsp3) is 0.278. The lowest BCUT2D eigenvalue weighted by Gasteiger charge is -2.23. The van der Waals surface area contributed by atoms with Crippen LogP contribution in [0.2, 0.25) is 5.02 Å². The Labute approximate surface area is 136 Å². The fourth-order valence-corrected chi connectivity index (χ4v) is 2.27. The van der Waals surface area contributed by atoms with Crippen molar-refractivity contribution < 1.29 is 9.90 Å². The summed E-state index contributed by atoms with van der Waals surface area (Å²) in [5.41, 5.74) is 3.74. The molecule has 1 amide bonds. The highest BCUT2D eigenvalue weighted by molar-refractivity contribution is 6.31. The lowest BCUT2D eigenvalue weighted by Crippen LogP contribution is -2.37. The molecule has 0 heterocycles. The molecule has 0 spiro atoms. The molecule has 0 bridgehead atoms. The molecule has 2 aromatic carbocycles. The van der Waals surface area contributed by atoms with Crippen molar-refractivity contribution in [1.29, 1.82) is 0 Å². The highest BCUT2D eigenvalue weighted by Crippen LogP contribution is 2.25. The van der Waals surface area contributed by atoms with Crippen molar-refractivity contribution >= 4 is 17.5 Å². The van der Waals surface area contributed by atoms with Crippen LogP contribution in [-0.2, 0) is 0 Å². The van der Waals surface area contributed by atoms with Crippen molar-refractivity contribution in [3.8, 4) is 11.1 Å². The average molecular weight is 318 g/mol. The molecule has 2 aromatic rings. The number of likely N-dealkylation sites (N-methyl/N-ethyl adjacent to an activating group) is 1. The van der Waals surface area contributed by atoms with E-state index in [0.29, 0.717) is 5.56 Å². The molecular weight excluding hydrogens is 298 g/mol. The number of nitrogens with zero attached hydrogens (tertiary/aromatic N) is 1. The van der Waals surface area contributed by atoms with E-state index in [1.807, 2.05) is 56.3 Å². The third kappa shape index (κ3) is 3.49. The van der Waals surface area contributed by atoms with Crippen LogP contribution in [0.3, 0.4) is 0 Å². The molecule has 0 aliphatic carbocycles. The van der Waals surface area contributed by atoms with E-state index in [0.717, 1.165) is 21.7 Å². The summed E-state index contributed by atoms with van der Waals surface area (Å²) in [6.45, 7) is 3.72. The lowest BCUT2D eigenvalue weighted by molar-refractivity contribution is 0.0682. The predicted molar refractivity (Wildman–Crippen MR) is 90.3 cm³/mol. The first-order valence-electron chi connectivity index (χ1n) is 7.18. The Morgan fingerprint density at radius 3 is 2.32 bits per heavy atom. The Balaban J connectivity index is 2.23. The number of aliphatic hydroxyl groups excluding tert-OH is 1. The molecule has 116 valence electrons. The summed E-state index contributed by atoms with van der Waals surface area (Å²) in [6.07, 6.45) is 0. The molecule has 1 atom stereocenters. The second-order valence-electron chi connectivity index (χ2n) is 5.49. The molecule has 0 aliphatic rings. The van der Waals surface area contributed by atoms with Crippen LogP contribution in [0.4, 0.5) is 0 Å². The van der Waals surface area contributed by atoms with Gasteiger partial charge in [-0.2, -0.15) is 0 Å². The Morgan fingerprint density at radius 1 is 1.18 bits per heavy atom. The molecule has 0 radical (unpaired) electrons. The van der Waals surface area contributed by atoms with Gasteiger partial charge in [0.1, 0.15) is 0 Å². The van der Waals surface area contributed by atoms with Crippen LogP contribution < -0.4 is 0 Å². The van der Waals surface area contributed by atoms with Crippen LogP contribution in [0.1, 0.15) is 22.8 Å². The van der Waals surface area contributed by atoms with E-state index in [-0.39, 0.29) is 18.6 Å². The van der Waals surface area contributed by atoms with Crippen molar-refractivity contribution in [2.75, 3.05) is 13.7 Å². The topological polar surface area (TPSA) is 40.5 Å². The molecule has 4 heteroatoms. The van der Waals surface area contributed by atoms with Crippen molar-refractivity contribution in [3.05, 3.63) is 58.6 Å². The van der Waals surface area contributed by atoms with Crippen LogP contribution in [-0.4, -0.2) is 35.6 Å². The monoisotopic (exact) mass is 317 g/mol. The van der Waals surface area contributed by atoms with E-state index >= 15 is 0 Å². The standard InChI is InChI=1S/C18H20ClNO2/c1-12-10-16(8-9-17(12)19)14-4-6-15(7-5-14)18(22)20(3)13(2)11-21/h4-10,13,21H,11H2,1-3H3/t13-/m1/s1. The van der Waals surface area contributed by atoms with Crippen LogP contribution in [0.25, 0.3) is 11.1 Å². The van der Waals surface area contributed by atoms with Gasteiger partial charge in [0.2, 0.25) is 0 Å². The molecule has 0 saturated carbocycles. The van der Waals surface area contributed by atoms with E-state index in [1.54, 1.807) is 11.9 Å². The Hall–Kier alpha value is -1.84. The fourth-order valence-electron chi connectivity index (χ4n) is 2.16. The number of rotatable bonds is 4. The van der Waals surface area contributed by atoms with E-state index in [1.165, 1.54) is 0 Å². The predicted octanol–water partition coefficient (Wildman–Crippen LogP) is 3.77. The number of amides is 1. The largest absolute Gasteiger partial charge is 0.394 e. The SMILES string of the molecule is Cc1cc(-c2ccc(C(=O)N(C)[C@H](C)CO)cc2)ccc1Cl. The zero-order valence-corrected chi connectivity index (χ0v) is 13.8. The smallest absolute Gasteiger partial charge is 0.253 e. The van der Waals surface area contributed by atoms with Gasteiger partial charge in [-0.25, -0.2) is 0 Å². The van der Waals surface area contributed by atoms with Crippen molar-refractivity contribution in [2.45, 2.75) is 19.9 Å². The summed E-state index contributed by atoms with van der Waals surface area (Å²) < 4.78 is 0. The number of hydrogen-bond donors (Lipinski definition) is 1. The highest BCUT2D eigenvalue weighted by atomic mass is 35.5. The number of carbonyl (C=O) groups is 1. The number of hydrogen-bond acceptors (Lipinski definition) is 2. The lowest BCUT2D eigenvalue weighted by atomic mass is 10.0. The van der Waals surface area contributed by atoms with E-state index < -0.39 is 0 Å². The summed E-state index contributed by atoms with van der Waals surface area (Å²) in [6, 6.07) is 13.1.